The lowest BCUT2D eigenvalue weighted by atomic mass is 10.1. The first-order valence-corrected chi connectivity index (χ1v) is 13.3. The zero-order valence-electron chi connectivity index (χ0n) is 21.1. The summed E-state index contributed by atoms with van der Waals surface area (Å²) in [6.07, 6.45) is 0.382. The van der Waals surface area contributed by atoms with Gasteiger partial charge in [-0.25, -0.2) is 8.42 Å². The summed E-state index contributed by atoms with van der Waals surface area (Å²) in [5.41, 5.74) is 3.19. The average molecular weight is 508 g/mol. The molecule has 0 heterocycles. The Morgan fingerprint density at radius 3 is 2.14 bits per heavy atom. The zero-order chi connectivity index (χ0) is 26.3. The monoisotopic (exact) mass is 507 g/mol. The summed E-state index contributed by atoms with van der Waals surface area (Å²) < 4.78 is 28.5. The maximum Gasteiger partial charge on any atom is 0.264 e. The van der Waals surface area contributed by atoms with Gasteiger partial charge in [0.15, 0.2) is 0 Å². The summed E-state index contributed by atoms with van der Waals surface area (Å²) in [6.45, 7) is 5.40. The molecule has 0 aliphatic heterocycles. The van der Waals surface area contributed by atoms with E-state index in [1.54, 1.807) is 42.5 Å². The number of para-hydroxylation sites is 1. The van der Waals surface area contributed by atoms with Gasteiger partial charge in [0.2, 0.25) is 11.8 Å². The molecule has 1 atom stereocenters. The van der Waals surface area contributed by atoms with Crippen molar-refractivity contribution in [2.45, 2.75) is 44.7 Å². The smallest absolute Gasteiger partial charge is 0.264 e. The standard InChI is InChI=1S/C28H33N3O4S/c1-5-26(28(33)29-4)30(19-23-11-9-10-22(3)18-23)27(32)20-31(24-12-7-6-8-13-24)36(34,35)25-16-14-21(2)15-17-25/h6-18,26H,5,19-20H2,1-4H3,(H,29,33). The third-order valence-electron chi connectivity index (χ3n) is 6.00. The highest BCUT2D eigenvalue weighted by atomic mass is 32.2. The van der Waals surface area contributed by atoms with E-state index in [4.69, 9.17) is 0 Å². The second-order valence-electron chi connectivity index (χ2n) is 8.71. The maximum atomic E-state index is 13.8. The lowest BCUT2D eigenvalue weighted by Gasteiger charge is -2.33. The summed E-state index contributed by atoms with van der Waals surface area (Å²) in [4.78, 5) is 28.1. The van der Waals surface area contributed by atoms with Crippen molar-refractivity contribution in [3.63, 3.8) is 0 Å². The van der Waals surface area contributed by atoms with Crippen LogP contribution in [0.5, 0.6) is 0 Å². The van der Waals surface area contributed by atoms with Crippen LogP contribution in [-0.2, 0) is 26.2 Å². The number of hydrogen-bond donors (Lipinski definition) is 1. The van der Waals surface area contributed by atoms with Gasteiger partial charge >= 0.3 is 0 Å². The molecule has 0 aliphatic rings. The minimum absolute atomic E-state index is 0.0910. The molecule has 0 bridgehead atoms. The summed E-state index contributed by atoms with van der Waals surface area (Å²) in [7, 11) is -2.53. The average Bonchev–Trinajstić information content (AvgIpc) is 2.87. The van der Waals surface area contributed by atoms with E-state index < -0.39 is 28.5 Å². The van der Waals surface area contributed by atoms with Crippen molar-refractivity contribution in [3.05, 3.63) is 95.6 Å². The Morgan fingerprint density at radius 1 is 0.889 bits per heavy atom. The molecule has 1 N–H and O–H groups in total. The van der Waals surface area contributed by atoms with Gasteiger partial charge in [-0.05, 0) is 50.1 Å². The first kappa shape index (κ1) is 26.9. The molecule has 3 rings (SSSR count). The Bertz CT molecular complexity index is 1290. The van der Waals surface area contributed by atoms with Crippen LogP contribution in [0.1, 0.15) is 30.0 Å². The largest absolute Gasteiger partial charge is 0.357 e. The highest BCUT2D eigenvalue weighted by Gasteiger charge is 2.33. The lowest BCUT2D eigenvalue weighted by Crippen LogP contribution is -2.51. The zero-order valence-corrected chi connectivity index (χ0v) is 22.0. The molecule has 0 radical (unpaired) electrons. The molecule has 3 aromatic carbocycles. The van der Waals surface area contributed by atoms with Crippen LogP contribution in [-0.4, -0.2) is 44.8 Å². The molecule has 0 spiro atoms. The van der Waals surface area contributed by atoms with Crippen molar-refractivity contribution >= 4 is 27.5 Å². The van der Waals surface area contributed by atoms with Crippen LogP contribution in [0.25, 0.3) is 0 Å². The third kappa shape index (κ3) is 6.31. The Morgan fingerprint density at radius 2 is 1.56 bits per heavy atom. The molecule has 0 fully saturated rings. The van der Waals surface area contributed by atoms with Crippen LogP contribution in [0.4, 0.5) is 5.69 Å². The number of nitrogens with zero attached hydrogens (tertiary/aromatic N) is 2. The van der Waals surface area contributed by atoms with E-state index in [0.717, 1.165) is 21.0 Å². The van der Waals surface area contributed by atoms with E-state index in [1.165, 1.54) is 24.1 Å². The van der Waals surface area contributed by atoms with Crippen LogP contribution in [0.15, 0.2) is 83.8 Å². The maximum absolute atomic E-state index is 13.8. The van der Waals surface area contributed by atoms with Crippen molar-refractivity contribution < 1.29 is 18.0 Å². The summed E-state index contributed by atoms with van der Waals surface area (Å²) in [5, 5.41) is 2.63. The molecule has 0 aromatic heterocycles. The summed E-state index contributed by atoms with van der Waals surface area (Å²) >= 11 is 0. The van der Waals surface area contributed by atoms with Gasteiger partial charge in [0.05, 0.1) is 10.6 Å². The first-order chi connectivity index (χ1) is 17.2. The number of benzene rings is 3. The minimum Gasteiger partial charge on any atom is -0.357 e. The Labute approximate surface area is 213 Å². The summed E-state index contributed by atoms with van der Waals surface area (Å²) in [5.74, 6) is -0.766. The number of amides is 2. The Kier molecular flexibility index (Phi) is 8.88. The molecule has 8 heteroatoms. The molecule has 7 nitrogen and oxygen atoms in total. The molecule has 0 saturated heterocycles. The van der Waals surface area contributed by atoms with Crippen LogP contribution in [0, 0.1) is 13.8 Å². The first-order valence-electron chi connectivity index (χ1n) is 11.9. The number of likely N-dealkylation sites (N-methyl/N-ethyl adjacent to an activating group) is 1. The van der Waals surface area contributed by atoms with Gasteiger partial charge in [-0.15, -0.1) is 0 Å². The highest BCUT2D eigenvalue weighted by Crippen LogP contribution is 2.25. The topological polar surface area (TPSA) is 86.8 Å². The fraction of sp³-hybridized carbons (Fsp3) is 0.286. The third-order valence-corrected chi connectivity index (χ3v) is 7.79. The predicted molar refractivity (Wildman–Crippen MR) is 142 cm³/mol. The van der Waals surface area contributed by atoms with E-state index in [1.807, 2.05) is 45.0 Å². The van der Waals surface area contributed by atoms with Crippen molar-refractivity contribution in [2.75, 3.05) is 17.9 Å². The lowest BCUT2D eigenvalue weighted by molar-refractivity contribution is -0.140. The fourth-order valence-electron chi connectivity index (χ4n) is 4.05. The van der Waals surface area contributed by atoms with E-state index in [0.29, 0.717) is 12.1 Å². The molecule has 1 unspecified atom stereocenters. The normalized spacial score (nSPS) is 12.0. The molecule has 0 saturated carbocycles. The number of rotatable bonds is 10. The van der Waals surface area contributed by atoms with Gasteiger partial charge in [0, 0.05) is 13.6 Å². The van der Waals surface area contributed by atoms with Gasteiger partial charge in [0.25, 0.3) is 10.0 Å². The number of nitrogens with one attached hydrogen (secondary N) is 1. The van der Waals surface area contributed by atoms with Gasteiger partial charge in [-0.1, -0.05) is 72.6 Å². The van der Waals surface area contributed by atoms with Crippen LogP contribution < -0.4 is 9.62 Å². The SMILES string of the molecule is CCC(C(=O)NC)N(Cc1cccc(C)c1)C(=O)CN(c1ccccc1)S(=O)(=O)c1ccc(C)cc1. The van der Waals surface area contributed by atoms with Crippen molar-refractivity contribution in [1.29, 1.82) is 0 Å². The highest BCUT2D eigenvalue weighted by molar-refractivity contribution is 7.92. The number of anilines is 1. The molecule has 3 aromatic rings. The quantitative estimate of drug-likeness (QED) is 0.449. The van der Waals surface area contributed by atoms with Crippen molar-refractivity contribution in [2.24, 2.45) is 0 Å². The van der Waals surface area contributed by atoms with Crippen LogP contribution >= 0.6 is 0 Å². The van der Waals surface area contributed by atoms with Crippen molar-refractivity contribution in [1.82, 2.24) is 10.2 Å². The number of aryl methyl sites for hydroxylation is 2. The summed E-state index contributed by atoms with van der Waals surface area (Å²) in [6, 6.07) is 22.0. The van der Waals surface area contributed by atoms with Crippen molar-refractivity contribution in [3.8, 4) is 0 Å². The molecular weight excluding hydrogens is 474 g/mol. The Hall–Kier alpha value is -3.65. The van der Waals surface area contributed by atoms with Gasteiger partial charge in [0.1, 0.15) is 12.6 Å². The van der Waals surface area contributed by atoms with Crippen LogP contribution in [0.3, 0.4) is 0 Å². The number of hydrogen-bond acceptors (Lipinski definition) is 4. The second kappa shape index (κ2) is 11.9. The van der Waals surface area contributed by atoms with E-state index in [-0.39, 0.29) is 17.3 Å². The van der Waals surface area contributed by atoms with E-state index >= 15 is 0 Å². The van der Waals surface area contributed by atoms with Gasteiger partial charge in [-0.2, -0.15) is 0 Å². The number of sulfonamides is 1. The van der Waals surface area contributed by atoms with E-state index in [9.17, 15) is 18.0 Å². The minimum atomic E-state index is -4.05. The Balaban J connectivity index is 2.03. The second-order valence-corrected chi connectivity index (χ2v) is 10.6. The molecule has 2 amide bonds. The number of carbonyl (C=O) groups is 2. The predicted octanol–water partition coefficient (Wildman–Crippen LogP) is 4.05. The van der Waals surface area contributed by atoms with Gasteiger partial charge < -0.3 is 10.2 Å². The van der Waals surface area contributed by atoms with E-state index in [2.05, 4.69) is 5.32 Å². The van der Waals surface area contributed by atoms with Crippen LogP contribution in [0.2, 0.25) is 0 Å². The molecular formula is C28H33N3O4S. The molecule has 190 valence electrons. The fourth-order valence-corrected chi connectivity index (χ4v) is 5.47. The molecule has 36 heavy (non-hydrogen) atoms. The number of carbonyl (C=O) groups excluding carboxylic acids is 2. The van der Waals surface area contributed by atoms with Gasteiger partial charge in [-0.3, -0.25) is 13.9 Å². The molecule has 0 aliphatic carbocycles.